The molecule has 6 heteroatoms. The lowest BCUT2D eigenvalue weighted by atomic mass is 10.2. The number of nitrogens with one attached hydrogen (secondary N) is 1. The molecule has 2 N–H and O–H groups in total. The molecule has 0 spiro atoms. The third-order valence-electron chi connectivity index (χ3n) is 3.60. The van der Waals surface area contributed by atoms with Gasteiger partial charge in [-0.2, -0.15) is 0 Å². The van der Waals surface area contributed by atoms with Crippen LogP contribution >= 0.6 is 0 Å². The number of aliphatic hydroxyl groups excluding tert-OH is 1. The van der Waals surface area contributed by atoms with E-state index in [0.717, 1.165) is 33.8 Å². The summed E-state index contributed by atoms with van der Waals surface area (Å²) in [6, 6.07) is 5.71. The molecule has 4 aromatic rings. The second kappa shape index (κ2) is 4.39. The highest BCUT2D eigenvalue weighted by Gasteiger charge is 2.13. The molecule has 0 aliphatic carbocycles. The fourth-order valence-corrected chi connectivity index (χ4v) is 2.60. The number of rotatable bonds is 2. The molecule has 0 unspecified atom stereocenters. The van der Waals surface area contributed by atoms with Crippen molar-refractivity contribution in [1.29, 1.82) is 0 Å². The van der Waals surface area contributed by atoms with Crippen molar-refractivity contribution < 1.29 is 5.11 Å². The molecular formula is C15H13N5O. The van der Waals surface area contributed by atoms with Crippen LogP contribution < -0.4 is 0 Å². The first-order valence-electron chi connectivity index (χ1n) is 6.65. The van der Waals surface area contributed by atoms with Crippen molar-refractivity contribution in [2.45, 2.75) is 13.5 Å². The van der Waals surface area contributed by atoms with Crippen LogP contribution in [0, 0.1) is 6.92 Å². The largest absolute Gasteiger partial charge is 0.390 e. The second-order valence-electron chi connectivity index (χ2n) is 4.89. The van der Waals surface area contributed by atoms with Crippen molar-refractivity contribution in [3.05, 3.63) is 48.3 Å². The summed E-state index contributed by atoms with van der Waals surface area (Å²) in [5.41, 5.74) is 5.19. The first kappa shape index (κ1) is 12.0. The molecule has 0 aromatic carbocycles. The van der Waals surface area contributed by atoms with Crippen molar-refractivity contribution in [2.24, 2.45) is 0 Å². The van der Waals surface area contributed by atoms with E-state index in [0.29, 0.717) is 5.69 Å². The lowest BCUT2D eigenvalue weighted by molar-refractivity contribution is 0.277. The van der Waals surface area contributed by atoms with Gasteiger partial charge >= 0.3 is 0 Å². The van der Waals surface area contributed by atoms with E-state index in [1.165, 1.54) is 0 Å². The monoisotopic (exact) mass is 279 g/mol. The first-order valence-corrected chi connectivity index (χ1v) is 6.65. The molecule has 0 radical (unpaired) electrons. The van der Waals surface area contributed by atoms with Crippen LogP contribution in [0.2, 0.25) is 0 Å². The number of pyridine rings is 1. The Labute approximate surface area is 120 Å². The lowest BCUT2D eigenvalue weighted by Gasteiger charge is -2.01. The van der Waals surface area contributed by atoms with Crippen LogP contribution in [0.1, 0.15) is 11.5 Å². The first-order chi connectivity index (χ1) is 10.3. The molecule has 21 heavy (non-hydrogen) atoms. The topological polar surface area (TPSA) is 79.1 Å². The average molecular weight is 279 g/mol. The second-order valence-corrected chi connectivity index (χ2v) is 4.89. The van der Waals surface area contributed by atoms with E-state index in [-0.39, 0.29) is 6.61 Å². The van der Waals surface area contributed by atoms with Crippen molar-refractivity contribution in [3.63, 3.8) is 0 Å². The molecule has 0 atom stereocenters. The summed E-state index contributed by atoms with van der Waals surface area (Å²) in [7, 11) is 0. The minimum atomic E-state index is -0.0607. The van der Waals surface area contributed by atoms with Crippen LogP contribution in [0.15, 0.2) is 36.8 Å². The predicted octanol–water partition coefficient (Wildman–Crippen LogP) is 2.07. The molecule has 0 aliphatic heterocycles. The Morgan fingerprint density at radius 2 is 2.05 bits per heavy atom. The van der Waals surface area contributed by atoms with Crippen molar-refractivity contribution in [1.82, 2.24) is 24.3 Å². The summed E-state index contributed by atoms with van der Waals surface area (Å²) in [6.45, 7) is 1.91. The summed E-state index contributed by atoms with van der Waals surface area (Å²) < 4.78 is 2.08. The van der Waals surface area contributed by atoms with Crippen LogP contribution in [0.25, 0.3) is 27.9 Å². The molecule has 4 heterocycles. The number of imidazole rings is 1. The van der Waals surface area contributed by atoms with Crippen LogP contribution in [-0.2, 0) is 6.61 Å². The zero-order valence-corrected chi connectivity index (χ0v) is 11.4. The molecule has 0 fully saturated rings. The Morgan fingerprint density at radius 3 is 2.81 bits per heavy atom. The number of nitrogens with zero attached hydrogens (tertiary/aromatic N) is 4. The Balaban J connectivity index is 2.00. The van der Waals surface area contributed by atoms with Gasteiger partial charge in [0.15, 0.2) is 5.65 Å². The van der Waals surface area contributed by atoms with Gasteiger partial charge in [-0.1, -0.05) is 0 Å². The fraction of sp³-hybridized carbons (Fsp3) is 0.133. The van der Waals surface area contributed by atoms with Gasteiger partial charge in [-0.05, 0) is 25.1 Å². The molecule has 0 saturated heterocycles. The van der Waals surface area contributed by atoms with Crippen molar-refractivity contribution >= 4 is 16.7 Å². The standard InChI is InChI=1S/C15H13N5O/c1-9-19-14(10-2-3-11(8-21)17-6-10)13-7-18-15-12(20(9)13)4-5-16-15/h2-7,16,21H,8H2,1H3. The maximum absolute atomic E-state index is 9.07. The van der Waals surface area contributed by atoms with Gasteiger partial charge < -0.3 is 10.1 Å². The number of H-pyrrole nitrogens is 1. The number of aromatic nitrogens is 5. The van der Waals surface area contributed by atoms with Gasteiger partial charge in [-0.25, -0.2) is 9.97 Å². The quantitative estimate of drug-likeness (QED) is 0.588. The summed E-state index contributed by atoms with van der Waals surface area (Å²) in [5.74, 6) is 0.901. The molecule has 0 saturated carbocycles. The number of aromatic amines is 1. The number of hydrogen-bond donors (Lipinski definition) is 2. The van der Waals surface area contributed by atoms with Crippen LogP contribution in [-0.4, -0.2) is 29.4 Å². The zero-order chi connectivity index (χ0) is 14.4. The molecule has 0 aliphatic rings. The highest BCUT2D eigenvalue weighted by molar-refractivity contribution is 5.83. The summed E-state index contributed by atoms with van der Waals surface area (Å²) in [6.07, 6.45) is 5.41. The van der Waals surface area contributed by atoms with E-state index in [1.54, 1.807) is 12.3 Å². The van der Waals surface area contributed by atoms with Gasteiger partial charge in [0.2, 0.25) is 0 Å². The third-order valence-corrected chi connectivity index (χ3v) is 3.60. The minimum absolute atomic E-state index is 0.0607. The summed E-state index contributed by atoms with van der Waals surface area (Å²) in [4.78, 5) is 16.4. The maximum atomic E-state index is 9.07. The molecule has 104 valence electrons. The molecule has 4 rings (SSSR count). The fourth-order valence-electron chi connectivity index (χ4n) is 2.60. The maximum Gasteiger partial charge on any atom is 0.154 e. The van der Waals surface area contributed by atoms with Crippen LogP contribution in [0.5, 0.6) is 0 Å². The Kier molecular flexibility index (Phi) is 2.52. The SMILES string of the molecule is Cc1nc(-c2ccc(CO)nc2)c2cnc3[nH]ccc3n12. The van der Waals surface area contributed by atoms with Gasteiger partial charge in [0.25, 0.3) is 0 Å². The number of fused-ring (bicyclic) bond motifs is 3. The molecular weight excluding hydrogens is 266 g/mol. The summed E-state index contributed by atoms with van der Waals surface area (Å²) >= 11 is 0. The van der Waals surface area contributed by atoms with Gasteiger partial charge in [0.05, 0.1) is 35.2 Å². The Morgan fingerprint density at radius 1 is 1.14 bits per heavy atom. The molecule has 0 bridgehead atoms. The van der Waals surface area contributed by atoms with E-state index >= 15 is 0 Å². The molecule has 6 nitrogen and oxygen atoms in total. The highest BCUT2D eigenvalue weighted by atomic mass is 16.3. The van der Waals surface area contributed by atoms with Gasteiger partial charge in [0, 0.05) is 18.0 Å². The summed E-state index contributed by atoms with van der Waals surface area (Å²) in [5, 5.41) is 9.07. The molecule has 0 amide bonds. The third kappa shape index (κ3) is 1.73. The van der Waals surface area contributed by atoms with Crippen LogP contribution in [0.3, 0.4) is 0 Å². The smallest absolute Gasteiger partial charge is 0.154 e. The van der Waals surface area contributed by atoms with Crippen molar-refractivity contribution in [2.75, 3.05) is 0 Å². The van der Waals surface area contributed by atoms with E-state index in [9.17, 15) is 0 Å². The lowest BCUT2D eigenvalue weighted by Crippen LogP contribution is -1.91. The normalized spacial score (nSPS) is 11.5. The zero-order valence-electron chi connectivity index (χ0n) is 11.4. The number of hydrogen-bond acceptors (Lipinski definition) is 4. The van der Waals surface area contributed by atoms with Crippen molar-refractivity contribution in [3.8, 4) is 11.3 Å². The Hall–Kier alpha value is -2.73. The van der Waals surface area contributed by atoms with Crippen LogP contribution in [0.4, 0.5) is 0 Å². The molecule has 4 aromatic heterocycles. The minimum Gasteiger partial charge on any atom is -0.390 e. The van der Waals surface area contributed by atoms with Gasteiger partial charge in [0.1, 0.15) is 5.82 Å². The van der Waals surface area contributed by atoms with Gasteiger partial charge in [-0.3, -0.25) is 9.38 Å². The van der Waals surface area contributed by atoms with Gasteiger partial charge in [-0.15, -0.1) is 0 Å². The average Bonchev–Trinajstić information content (AvgIpc) is 3.11. The number of aryl methyl sites for hydroxylation is 1. The van der Waals surface area contributed by atoms with E-state index in [4.69, 9.17) is 5.11 Å². The Bertz CT molecular complexity index is 936. The van der Waals surface area contributed by atoms with E-state index < -0.39 is 0 Å². The number of aliphatic hydroxyl groups is 1. The van der Waals surface area contributed by atoms with E-state index in [1.807, 2.05) is 31.5 Å². The predicted molar refractivity (Wildman–Crippen MR) is 78.7 cm³/mol. The highest BCUT2D eigenvalue weighted by Crippen LogP contribution is 2.26. The van der Waals surface area contributed by atoms with E-state index in [2.05, 4.69) is 24.3 Å².